The number of primary sulfonamides is 1. The number of halogens is 1. The topological polar surface area (TPSA) is 165 Å². The van der Waals surface area contributed by atoms with Gasteiger partial charge in [0.25, 0.3) is 11.8 Å². The average molecular weight is 657 g/mol. The molecule has 0 saturated carbocycles. The van der Waals surface area contributed by atoms with Crippen LogP contribution in [0.2, 0.25) is 0 Å². The summed E-state index contributed by atoms with van der Waals surface area (Å²) < 4.78 is 39.4. The molecule has 2 aromatic heterocycles. The van der Waals surface area contributed by atoms with Gasteiger partial charge in [-0.3, -0.25) is 19.4 Å². The second-order valence-electron chi connectivity index (χ2n) is 12.2. The minimum absolute atomic E-state index is 0.0552. The first-order valence-corrected chi connectivity index (χ1v) is 16.1. The summed E-state index contributed by atoms with van der Waals surface area (Å²) in [5.74, 6) is -1.65. The van der Waals surface area contributed by atoms with Gasteiger partial charge >= 0.3 is 0 Å². The third-order valence-corrected chi connectivity index (χ3v) is 8.02. The lowest BCUT2D eigenvalue weighted by atomic mass is 9.92. The van der Waals surface area contributed by atoms with E-state index in [0.717, 1.165) is 0 Å². The number of pyridine rings is 1. The summed E-state index contributed by atoms with van der Waals surface area (Å²) in [6, 6.07) is 20.0. The average Bonchev–Trinajstić information content (AvgIpc) is 3.35. The fourth-order valence-electron chi connectivity index (χ4n) is 4.95. The molecule has 0 aliphatic carbocycles. The van der Waals surface area contributed by atoms with Crippen LogP contribution in [0.3, 0.4) is 0 Å². The van der Waals surface area contributed by atoms with Crippen LogP contribution in [-0.4, -0.2) is 35.7 Å². The van der Waals surface area contributed by atoms with E-state index in [9.17, 15) is 27.2 Å². The zero-order chi connectivity index (χ0) is 33.9. The van der Waals surface area contributed by atoms with Crippen LogP contribution in [0.1, 0.15) is 53.6 Å². The van der Waals surface area contributed by atoms with Crippen LogP contribution in [0.5, 0.6) is 0 Å². The van der Waals surface area contributed by atoms with E-state index in [1.807, 2.05) is 20.8 Å². The summed E-state index contributed by atoms with van der Waals surface area (Å²) in [6.45, 7) is 5.97. The molecule has 2 heterocycles. The summed E-state index contributed by atoms with van der Waals surface area (Å²) >= 11 is 0. The van der Waals surface area contributed by atoms with Crippen molar-refractivity contribution < 1.29 is 27.2 Å². The van der Waals surface area contributed by atoms with Crippen LogP contribution in [-0.2, 0) is 21.4 Å². The van der Waals surface area contributed by atoms with Gasteiger partial charge in [-0.2, -0.15) is 0 Å². The molecular weight excluding hydrogens is 623 g/mol. The maximum absolute atomic E-state index is 14.7. The van der Waals surface area contributed by atoms with E-state index in [0.29, 0.717) is 34.3 Å². The second kappa shape index (κ2) is 13.1. The molecule has 0 spiro atoms. The van der Waals surface area contributed by atoms with Crippen molar-refractivity contribution in [1.82, 2.24) is 9.55 Å². The third kappa shape index (κ3) is 8.26. The molecule has 3 amide bonds. The van der Waals surface area contributed by atoms with E-state index in [1.54, 1.807) is 47.0 Å². The first kappa shape index (κ1) is 33.0. The molecule has 47 heavy (non-hydrogen) atoms. The second-order valence-corrected chi connectivity index (χ2v) is 13.8. The molecular formula is C34H33FN6O5S. The van der Waals surface area contributed by atoms with Gasteiger partial charge in [0, 0.05) is 40.5 Å². The molecule has 11 nitrogen and oxygen atoms in total. The van der Waals surface area contributed by atoms with E-state index in [4.69, 9.17) is 5.14 Å². The zero-order valence-electron chi connectivity index (χ0n) is 25.9. The number of sulfonamides is 1. The Kier molecular flexibility index (Phi) is 9.22. The highest BCUT2D eigenvalue weighted by Crippen LogP contribution is 2.27. The Bertz CT molecular complexity index is 2100. The number of amides is 3. The largest absolute Gasteiger partial charge is 0.332 e. The number of nitrogens with two attached hydrogens (primary N) is 1. The fourth-order valence-corrected chi connectivity index (χ4v) is 5.47. The van der Waals surface area contributed by atoms with Crippen molar-refractivity contribution in [3.63, 3.8) is 0 Å². The van der Waals surface area contributed by atoms with Crippen molar-refractivity contribution in [3.05, 3.63) is 114 Å². The summed E-state index contributed by atoms with van der Waals surface area (Å²) in [5.41, 5.74) is 2.27. The highest BCUT2D eigenvalue weighted by atomic mass is 32.2. The minimum Gasteiger partial charge on any atom is -0.332 e. The van der Waals surface area contributed by atoms with Gasteiger partial charge < -0.3 is 20.5 Å². The van der Waals surface area contributed by atoms with E-state index in [-0.39, 0.29) is 39.7 Å². The molecule has 5 aromatic rings. The molecule has 0 saturated heterocycles. The van der Waals surface area contributed by atoms with Crippen LogP contribution in [0.15, 0.2) is 96.2 Å². The van der Waals surface area contributed by atoms with E-state index in [2.05, 4.69) is 20.9 Å². The van der Waals surface area contributed by atoms with E-state index < -0.39 is 27.7 Å². The number of carbonyl (C=O) groups excluding carboxylic acids is 3. The molecule has 0 aliphatic rings. The Hall–Kier alpha value is -5.40. The fraction of sp³-hybridized carbons (Fsp3) is 0.176. The summed E-state index contributed by atoms with van der Waals surface area (Å²) in [6.07, 6.45) is 3.01. The third-order valence-electron chi connectivity index (χ3n) is 7.09. The molecule has 0 fully saturated rings. The van der Waals surface area contributed by atoms with Gasteiger partial charge in [0.05, 0.1) is 28.9 Å². The smallest absolute Gasteiger partial charge is 0.272 e. The minimum atomic E-state index is -3.89. The van der Waals surface area contributed by atoms with Crippen molar-refractivity contribution in [3.8, 4) is 0 Å². The molecule has 0 radical (unpaired) electrons. The predicted molar refractivity (Wildman–Crippen MR) is 178 cm³/mol. The van der Waals surface area contributed by atoms with Crippen LogP contribution in [0.25, 0.3) is 10.9 Å². The van der Waals surface area contributed by atoms with Crippen molar-refractivity contribution in [2.75, 3.05) is 16.0 Å². The van der Waals surface area contributed by atoms with Crippen LogP contribution >= 0.6 is 0 Å². The highest BCUT2D eigenvalue weighted by Gasteiger charge is 2.20. The number of nitrogens with zero attached hydrogens (tertiary/aromatic N) is 2. The normalized spacial score (nSPS) is 11.7. The van der Waals surface area contributed by atoms with Crippen LogP contribution in [0.4, 0.5) is 21.5 Å². The number of anilines is 3. The van der Waals surface area contributed by atoms with Gasteiger partial charge in [0.1, 0.15) is 11.5 Å². The molecule has 0 unspecified atom stereocenters. The van der Waals surface area contributed by atoms with Gasteiger partial charge in [-0.25, -0.2) is 17.9 Å². The summed E-state index contributed by atoms with van der Waals surface area (Å²) in [4.78, 5) is 43.2. The first-order chi connectivity index (χ1) is 22.2. The number of hydrogen-bond donors (Lipinski definition) is 4. The van der Waals surface area contributed by atoms with Crippen molar-refractivity contribution in [2.24, 2.45) is 10.6 Å². The lowest BCUT2D eigenvalue weighted by Crippen LogP contribution is -2.19. The maximum atomic E-state index is 14.7. The van der Waals surface area contributed by atoms with Crippen LogP contribution in [0, 0.1) is 11.2 Å². The lowest BCUT2D eigenvalue weighted by molar-refractivity contribution is -0.117. The number of fused-ring (bicyclic) bond motifs is 1. The summed E-state index contributed by atoms with van der Waals surface area (Å²) in [7, 11) is -3.89. The van der Waals surface area contributed by atoms with Crippen molar-refractivity contribution >= 4 is 55.7 Å². The zero-order valence-corrected chi connectivity index (χ0v) is 26.7. The number of aromatic nitrogens is 2. The molecule has 0 bridgehead atoms. The standard InChI is InChI=1S/C34H33FN6O5S/c1-34(2,3)17-31(42)38-25-10-13-29-22(14-25)16-30(41(29)20-21-6-4-5-7-28(21)35)33(44)40-26-15-23(18-37-19-26)32(43)39-24-8-11-27(12-9-24)47(36,45)46/h4-16,18-19H,17,20H2,1-3H3,(H,38,42)(H,39,43)(H,40,44)(H2,36,45,46). The number of hydrogen-bond acceptors (Lipinski definition) is 6. The highest BCUT2D eigenvalue weighted by molar-refractivity contribution is 7.89. The van der Waals surface area contributed by atoms with E-state index >= 15 is 0 Å². The molecule has 242 valence electrons. The number of nitrogens with one attached hydrogen (secondary N) is 3. The SMILES string of the molecule is CC(C)(C)CC(=O)Nc1ccc2c(c1)cc(C(=O)Nc1cncc(C(=O)Nc3ccc(S(N)(=O)=O)cc3)c1)n2Cc1ccccc1F. The Balaban J connectivity index is 1.41. The van der Waals surface area contributed by atoms with Gasteiger partial charge in [-0.1, -0.05) is 39.0 Å². The number of carbonyl (C=O) groups is 3. The molecule has 5 rings (SSSR count). The van der Waals surface area contributed by atoms with Gasteiger partial charge in [0.15, 0.2) is 0 Å². The number of benzene rings is 3. The number of rotatable bonds is 9. The lowest BCUT2D eigenvalue weighted by Gasteiger charge is -2.17. The van der Waals surface area contributed by atoms with E-state index in [1.165, 1.54) is 48.8 Å². The molecule has 13 heteroatoms. The van der Waals surface area contributed by atoms with Crippen molar-refractivity contribution in [1.29, 1.82) is 0 Å². The first-order valence-electron chi connectivity index (χ1n) is 14.5. The van der Waals surface area contributed by atoms with Gasteiger partial charge in [-0.15, -0.1) is 0 Å². The van der Waals surface area contributed by atoms with Gasteiger partial charge in [0.2, 0.25) is 15.9 Å². The Morgan fingerprint density at radius 3 is 2.19 bits per heavy atom. The Morgan fingerprint density at radius 1 is 0.830 bits per heavy atom. The molecule has 0 atom stereocenters. The van der Waals surface area contributed by atoms with Crippen molar-refractivity contribution in [2.45, 2.75) is 38.6 Å². The van der Waals surface area contributed by atoms with Gasteiger partial charge in [-0.05, 0) is 66.1 Å². The molecule has 0 aliphatic heterocycles. The quantitative estimate of drug-likeness (QED) is 0.158. The monoisotopic (exact) mass is 656 g/mol. The Labute approximate surface area is 271 Å². The molecule has 3 aromatic carbocycles. The maximum Gasteiger partial charge on any atom is 0.272 e. The summed E-state index contributed by atoms with van der Waals surface area (Å²) in [5, 5.41) is 14.1. The Morgan fingerprint density at radius 2 is 1.51 bits per heavy atom. The molecule has 5 N–H and O–H groups in total. The van der Waals surface area contributed by atoms with Crippen LogP contribution < -0.4 is 21.1 Å². The predicted octanol–water partition coefficient (Wildman–Crippen LogP) is 5.75.